The largest absolute Gasteiger partial charge is 0.295 e. The number of carbonyl (C=O) groups excluding carboxylic acids is 1. The topological polar surface area (TPSA) is 17.1 Å². The van der Waals surface area contributed by atoms with Gasteiger partial charge in [-0.2, -0.15) is 0 Å². The van der Waals surface area contributed by atoms with E-state index in [1.54, 1.807) is 13.0 Å². The van der Waals surface area contributed by atoms with Crippen molar-refractivity contribution in [2.45, 2.75) is 26.7 Å². The van der Waals surface area contributed by atoms with Crippen LogP contribution in [0.5, 0.6) is 0 Å². The van der Waals surface area contributed by atoms with Crippen molar-refractivity contribution in [1.82, 2.24) is 0 Å². The van der Waals surface area contributed by atoms with Crippen LogP contribution in [0.1, 0.15) is 37.8 Å². The normalized spacial score (nSPS) is 11.4. The minimum atomic E-state index is 0.0762. The van der Waals surface area contributed by atoms with Gasteiger partial charge in [0, 0.05) is 0 Å². The molecule has 0 saturated carbocycles. The van der Waals surface area contributed by atoms with Crippen LogP contribution in [0, 0.1) is 0 Å². The molecule has 16 heavy (non-hydrogen) atoms. The Kier molecular flexibility index (Phi) is 5.27. The van der Waals surface area contributed by atoms with E-state index in [4.69, 9.17) is 0 Å². The van der Waals surface area contributed by atoms with E-state index in [0.717, 1.165) is 24.0 Å². The fraction of sp³-hybridized carbons (Fsp3) is 0.267. The lowest BCUT2D eigenvalue weighted by Gasteiger charge is -1.99. The lowest BCUT2D eigenvalue weighted by molar-refractivity contribution is -0.112. The Morgan fingerprint density at radius 2 is 1.81 bits per heavy atom. The third kappa shape index (κ3) is 4.26. The van der Waals surface area contributed by atoms with Gasteiger partial charge in [0.25, 0.3) is 0 Å². The zero-order valence-electron chi connectivity index (χ0n) is 9.94. The summed E-state index contributed by atoms with van der Waals surface area (Å²) in [5, 5.41) is 0. The van der Waals surface area contributed by atoms with Gasteiger partial charge in [0.15, 0.2) is 5.78 Å². The molecule has 0 amide bonds. The number of rotatable bonds is 5. The second-order valence-corrected chi connectivity index (χ2v) is 3.76. The number of allylic oxidation sites excluding steroid dienone is 2. The van der Waals surface area contributed by atoms with Crippen LogP contribution >= 0.6 is 0 Å². The smallest absolute Gasteiger partial charge is 0.152 e. The van der Waals surface area contributed by atoms with Crippen molar-refractivity contribution in [2.75, 3.05) is 0 Å². The summed E-state index contributed by atoms with van der Waals surface area (Å²) in [5.41, 5.74) is 2.25. The van der Waals surface area contributed by atoms with E-state index in [1.165, 1.54) is 0 Å². The highest BCUT2D eigenvalue weighted by Crippen LogP contribution is 2.13. The number of hydrogen-bond donors (Lipinski definition) is 0. The van der Waals surface area contributed by atoms with Crippen molar-refractivity contribution in [3.63, 3.8) is 0 Å². The number of unbranched alkanes of at least 4 members (excludes halogenated alkanes) is 1. The van der Waals surface area contributed by atoms with Gasteiger partial charge in [-0.25, -0.2) is 0 Å². The molecule has 84 valence electrons. The summed E-state index contributed by atoms with van der Waals surface area (Å²) < 4.78 is 0. The molecule has 0 N–H and O–H groups in total. The summed E-state index contributed by atoms with van der Waals surface area (Å²) in [6.07, 6.45) is 10.00. The molecule has 0 fully saturated rings. The van der Waals surface area contributed by atoms with Gasteiger partial charge in [-0.05, 0) is 30.5 Å². The molecule has 0 saturated heterocycles. The monoisotopic (exact) mass is 214 g/mol. The summed E-state index contributed by atoms with van der Waals surface area (Å²) in [5.74, 6) is 0.0762. The van der Waals surface area contributed by atoms with Crippen molar-refractivity contribution in [3.8, 4) is 0 Å². The molecule has 1 heteroatoms. The minimum Gasteiger partial charge on any atom is -0.295 e. The average Bonchev–Trinajstić information content (AvgIpc) is 2.28. The number of benzene rings is 1. The Morgan fingerprint density at radius 1 is 1.19 bits per heavy atom. The molecule has 0 heterocycles. The molecular formula is C15H18O. The molecule has 1 rings (SSSR count). The standard InChI is InChI=1S/C15H18O/c1-3-4-5-8-14-9-6-7-10-15(14)12-11-13(2)16/h5-12H,3-4H2,1-2H3/b8-5+,12-11+. The van der Waals surface area contributed by atoms with Gasteiger partial charge in [0.1, 0.15) is 0 Å². The van der Waals surface area contributed by atoms with Crippen LogP contribution in [0.2, 0.25) is 0 Å². The third-order valence-corrected chi connectivity index (χ3v) is 2.25. The van der Waals surface area contributed by atoms with Crippen LogP contribution in [0.3, 0.4) is 0 Å². The minimum absolute atomic E-state index is 0.0762. The van der Waals surface area contributed by atoms with Gasteiger partial charge in [-0.3, -0.25) is 4.79 Å². The predicted octanol–water partition coefficient (Wildman–Crippen LogP) is 4.10. The van der Waals surface area contributed by atoms with E-state index in [2.05, 4.69) is 25.1 Å². The predicted molar refractivity (Wildman–Crippen MR) is 70.1 cm³/mol. The van der Waals surface area contributed by atoms with E-state index in [-0.39, 0.29) is 5.78 Å². The second kappa shape index (κ2) is 6.78. The number of hydrogen-bond acceptors (Lipinski definition) is 1. The molecule has 0 unspecified atom stereocenters. The Labute approximate surface area is 97.5 Å². The van der Waals surface area contributed by atoms with Gasteiger partial charge < -0.3 is 0 Å². The summed E-state index contributed by atoms with van der Waals surface area (Å²) in [4.78, 5) is 10.9. The first-order chi connectivity index (χ1) is 7.74. The molecule has 1 aromatic rings. The molecule has 0 aromatic heterocycles. The van der Waals surface area contributed by atoms with Crippen LogP contribution in [0.15, 0.2) is 36.4 Å². The summed E-state index contributed by atoms with van der Waals surface area (Å²) in [6, 6.07) is 8.07. The summed E-state index contributed by atoms with van der Waals surface area (Å²) in [7, 11) is 0. The molecule has 0 spiro atoms. The van der Waals surface area contributed by atoms with Crippen LogP contribution in [0.4, 0.5) is 0 Å². The van der Waals surface area contributed by atoms with Crippen LogP contribution < -0.4 is 0 Å². The molecule has 0 aliphatic heterocycles. The zero-order chi connectivity index (χ0) is 11.8. The Morgan fingerprint density at radius 3 is 2.38 bits per heavy atom. The van der Waals surface area contributed by atoms with Crippen molar-refractivity contribution in [2.24, 2.45) is 0 Å². The van der Waals surface area contributed by atoms with Gasteiger partial charge in [0.2, 0.25) is 0 Å². The fourth-order valence-electron chi connectivity index (χ4n) is 1.40. The molecular weight excluding hydrogens is 196 g/mol. The maximum absolute atomic E-state index is 10.9. The van der Waals surface area contributed by atoms with Gasteiger partial charge in [-0.15, -0.1) is 0 Å². The van der Waals surface area contributed by atoms with Crippen molar-refractivity contribution >= 4 is 17.9 Å². The maximum Gasteiger partial charge on any atom is 0.152 e. The zero-order valence-corrected chi connectivity index (χ0v) is 9.94. The highest BCUT2D eigenvalue weighted by molar-refractivity contribution is 5.92. The van der Waals surface area contributed by atoms with E-state index in [0.29, 0.717) is 0 Å². The first-order valence-corrected chi connectivity index (χ1v) is 5.68. The van der Waals surface area contributed by atoms with Crippen LogP contribution in [-0.4, -0.2) is 5.78 Å². The highest BCUT2D eigenvalue weighted by atomic mass is 16.1. The van der Waals surface area contributed by atoms with Crippen LogP contribution in [-0.2, 0) is 4.79 Å². The Hall–Kier alpha value is -1.63. The molecule has 0 aliphatic rings. The van der Waals surface area contributed by atoms with E-state index >= 15 is 0 Å². The third-order valence-electron chi connectivity index (χ3n) is 2.25. The van der Waals surface area contributed by atoms with Gasteiger partial charge in [-0.1, -0.05) is 55.8 Å². The van der Waals surface area contributed by atoms with E-state index in [9.17, 15) is 4.79 Å². The Bertz CT molecular complexity index is 400. The summed E-state index contributed by atoms with van der Waals surface area (Å²) in [6.45, 7) is 3.72. The quantitative estimate of drug-likeness (QED) is 0.674. The SMILES string of the molecule is CCC/C=C/c1ccccc1/C=C/C(C)=O. The van der Waals surface area contributed by atoms with Gasteiger partial charge in [0.05, 0.1) is 0 Å². The van der Waals surface area contributed by atoms with Crippen molar-refractivity contribution < 1.29 is 4.79 Å². The van der Waals surface area contributed by atoms with Crippen LogP contribution in [0.25, 0.3) is 12.2 Å². The maximum atomic E-state index is 10.9. The average molecular weight is 214 g/mol. The first kappa shape index (κ1) is 12.4. The molecule has 0 aliphatic carbocycles. The molecule has 1 nitrogen and oxygen atoms in total. The lowest BCUT2D eigenvalue weighted by Crippen LogP contribution is -1.83. The molecule has 1 aromatic carbocycles. The Balaban J connectivity index is 2.87. The van der Waals surface area contributed by atoms with Crippen molar-refractivity contribution in [1.29, 1.82) is 0 Å². The number of carbonyl (C=O) groups is 1. The number of ketones is 1. The fourth-order valence-corrected chi connectivity index (χ4v) is 1.40. The first-order valence-electron chi connectivity index (χ1n) is 5.68. The highest BCUT2D eigenvalue weighted by Gasteiger charge is 1.94. The second-order valence-electron chi connectivity index (χ2n) is 3.76. The molecule has 0 radical (unpaired) electrons. The van der Waals surface area contributed by atoms with E-state index < -0.39 is 0 Å². The van der Waals surface area contributed by atoms with Gasteiger partial charge >= 0.3 is 0 Å². The van der Waals surface area contributed by atoms with Crippen molar-refractivity contribution in [3.05, 3.63) is 47.5 Å². The van der Waals surface area contributed by atoms with E-state index in [1.807, 2.05) is 24.3 Å². The summed E-state index contributed by atoms with van der Waals surface area (Å²) >= 11 is 0. The molecule has 0 atom stereocenters. The lowest BCUT2D eigenvalue weighted by atomic mass is 10.1. The molecule has 0 bridgehead atoms.